The first-order valence-corrected chi connectivity index (χ1v) is 7.36. The average molecular weight is 340 g/mol. The molecule has 0 saturated heterocycles. The molecule has 0 amide bonds. The Balaban J connectivity index is 2.37. The molecule has 0 aliphatic rings. The number of halogens is 2. The summed E-state index contributed by atoms with van der Waals surface area (Å²) in [4.78, 5) is 10.9. The van der Waals surface area contributed by atoms with Crippen LogP contribution in [0.1, 0.15) is 16.7 Å². The van der Waals surface area contributed by atoms with Gasteiger partial charge in [-0.3, -0.25) is 4.79 Å². The quantitative estimate of drug-likeness (QED) is 0.780. The van der Waals surface area contributed by atoms with E-state index in [-0.39, 0.29) is 12.2 Å². The van der Waals surface area contributed by atoms with Crippen molar-refractivity contribution in [2.24, 2.45) is 5.73 Å². The summed E-state index contributed by atoms with van der Waals surface area (Å²) in [5.74, 6) is -0.986. The molecule has 0 unspecified atom stereocenters. The number of carboxylic acid groups (broad SMARTS) is 1. The van der Waals surface area contributed by atoms with Gasteiger partial charge in [-0.1, -0.05) is 35.3 Å². The van der Waals surface area contributed by atoms with Crippen LogP contribution in [0.15, 0.2) is 36.4 Å². The summed E-state index contributed by atoms with van der Waals surface area (Å²) in [5.41, 5.74) is 7.80. The highest BCUT2D eigenvalue weighted by Crippen LogP contribution is 2.29. The number of phenols is 1. The number of carboxylic acids is 1. The Hall–Kier alpha value is -1.75. The van der Waals surface area contributed by atoms with Crippen molar-refractivity contribution in [2.75, 3.05) is 0 Å². The highest BCUT2D eigenvalue weighted by atomic mass is 35.5. The summed E-state index contributed by atoms with van der Waals surface area (Å²) in [7, 11) is 0. The second-order valence-electron chi connectivity index (χ2n) is 4.98. The largest absolute Gasteiger partial charge is 0.508 e. The van der Waals surface area contributed by atoms with E-state index in [0.29, 0.717) is 16.5 Å². The van der Waals surface area contributed by atoms with Crippen molar-refractivity contribution < 1.29 is 15.0 Å². The normalized spacial score (nSPS) is 12.1. The summed E-state index contributed by atoms with van der Waals surface area (Å²) in [5, 5.41) is 19.7. The third kappa shape index (κ3) is 3.91. The van der Waals surface area contributed by atoms with E-state index < -0.39 is 12.0 Å². The monoisotopic (exact) mass is 339 g/mol. The number of aliphatic carboxylic acids is 1. The van der Waals surface area contributed by atoms with Crippen molar-refractivity contribution in [2.45, 2.75) is 18.9 Å². The van der Waals surface area contributed by atoms with Crippen LogP contribution >= 0.6 is 23.2 Å². The predicted molar refractivity (Wildman–Crippen MR) is 86.7 cm³/mol. The first-order chi connectivity index (χ1) is 10.4. The van der Waals surface area contributed by atoms with Crippen LogP contribution in [0.3, 0.4) is 0 Å². The molecular weight excluding hydrogens is 325 g/mol. The van der Waals surface area contributed by atoms with Gasteiger partial charge in [0.25, 0.3) is 0 Å². The van der Waals surface area contributed by atoms with Gasteiger partial charge in [-0.2, -0.15) is 0 Å². The Kier molecular flexibility index (Phi) is 5.29. The lowest BCUT2D eigenvalue weighted by Gasteiger charge is -2.14. The van der Waals surface area contributed by atoms with E-state index >= 15 is 0 Å². The Morgan fingerprint density at radius 1 is 1.14 bits per heavy atom. The molecule has 0 bridgehead atoms. The van der Waals surface area contributed by atoms with Crippen LogP contribution < -0.4 is 5.73 Å². The zero-order chi connectivity index (χ0) is 16.3. The number of hydrogen-bond acceptors (Lipinski definition) is 3. The summed E-state index contributed by atoms with van der Waals surface area (Å²) in [6, 6.07) is 8.94. The van der Waals surface area contributed by atoms with Crippen LogP contribution in [0.25, 0.3) is 0 Å². The summed E-state index contributed by atoms with van der Waals surface area (Å²) < 4.78 is 0. The van der Waals surface area contributed by atoms with Gasteiger partial charge in [0.15, 0.2) is 0 Å². The Bertz CT molecular complexity index is 684. The standard InChI is InChI=1S/C16H15Cl2NO3/c17-13-2-1-3-14(18)12(13)7-10-6-11(20)5-4-9(10)8-15(19)16(21)22/h1-6,15,20H,7-8,19H2,(H,21,22)/t15-/m0/s1. The van der Waals surface area contributed by atoms with Crippen molar-refractivity contribution in [1.29, 1.82) is 0 Å². The lowest BCUT2D eigenvalue weighted by molar-refractivity contribution is -0.138. The minimum atomic E-state index is -1.07. The maximum Gasteiger partial charge on any atom is 0.320 e. The van der Waals surface area contributed by atoms with Gasteiger partial charge in [-0.25, -0.2) is 0 Å². The topological polar surface area (TPSA) is 83.5 Å². The van der Waals surface area contributed by atoms with Gasteiger partial charge in [-0.05, 0) is 47.4 Å². The van der Waals surface area contributed by atoms with Gasteiger partial charge in [0.1, 0.15) is 11.8 Å². The van der Waals surface area contributed by atoms with Crippen LogP contribution in [0.4, 0.5) is 0 Å². The van der Waals surface area contributed by atoms with Crippen molar-refractivity contribution in [3.8, 4) is 5.75 Å². The molecule has 0 saturated carbocycles. The number of nitrogens with two attached hydrogens (primary N) is 1. The van der Waals surface area contributed by atoms with Crippen LogP contribution in [0, 0.1) is 0 Å². The number of benzene rings is 2. The smallest absolute Gasteiger partial charge is 0.320 e. The number of hydrogen-bond donors (Lipinski definition) is 3. The molecule has 0 aliphatic carbocycles. The van der Waals surface area contributed by atoms with Gasteiger partial charge < -0.3 is 15.9 Å². The van der Waals surface area contributed by atoms with E-state index in [1.54, 1.807) is 30.3 Å². The summed E-state index contributed by atoms with van der Waals surface area (Å²) in [6.07, 6.45) is 0.543. The molecule has 0 heterocycles. The van der Waals surface area contributed by atoms with E-state index in [0.717, 1.165) is 16.7 Å². The number of rotatable bonds is 5. The fourth-order valence-electron chi connectivity index (χ4n) is 2.19. The van der Waals surface area contributed by atoms with Crippen LogP contribution in [0.2, 0.25) is 10.0 Å². The predicted octanol–water partition coefficient (Wildman–Crippen LogP) is 3.24. The molecule has 4 nitrogen and oxygen atoms in total. The molecule has 2 rings (SSSR count). The zero-order valence-electron chi connectivity index (χ0n) is 11.6. The number of phenolic OH excluding ortho intramolecular Hbond substituents is 1. The van der Waals surface area contributed by atoms with E-state index in [9.17, 15) is 9.90 Å². The first kappa shape index (κ1) is 16.6. The maximum atomic E-state index is 10.9. The number of aromatic hydroxyl groups is 1. The molecule has 116 valence electrons. The van der Waals surface area contributed by atoms with E-state index in [2.05, 4.69) is 0 Å². The Labute approximate surface area is 138 Å². The molecule has 0 aromatic heterocycles. The van der Waals surface area contributed by atoms with Crippen LogP contribution in [-0.2, 0) is 17.6 Å². The molecule has 6 heteroatoms. The molecule has 22 heavy (non-hydrogen) atoms. The first-order valence-electron chi connectivity index (χ1n) is 6.60. The van der Waals surface area contributed by atoms with Gasteiger partial charge in [0, 0.05) is 16.5 Å². The lowest BCUT2D eigenvalue weighted by atomic mass is 9.95. The van der Waals surface area contributed by atoms with Crippen molar-refractivity contribution in [1.82, 2.24) is 0 Å². The second-order valence-corrected chi connectivity index (χ2v) is 5.79. The molecule has 2 aromatic rings. The van der Waals surface area contributed by atoms with E-state index in [4.69, 9.17) is 34.0 Å². The minimum absolute atomic E-state index is 0.0887. The molecule has 2 aromatic carbocycles. The van der Waals surface area contributed by atoms with Crippen LogP contribution in [-0.4, -0.2) is 22.2 Å². The van der Waals surface area contributed by atoms with Gasteiger partial charge >= 0.3 is 5.97 Å². The molecule has 0 aliphatic heterocycles. The summed E-state index contributed by atoms with van der Waals surface area (Å²) >= 11 is 12.3. The Morgan fingerprint density at radius 3 is 2.36 bits per heavy atom. The van der Waals surface area contributed by atoms with Gasteiger partial charge in [0.2, 0.25) is 0 Å². The van der Waals surface area contributed by atoms with Crippen molar-refractivity contribution in [3.05, 3.63) is 63.1 Å². The molecule has 4 N–H and O–H groups in total. The highest BCUT2D eigenvalue weighted by molar-refractivity contribution is 6.36. The SMILES string of the molecule is N[C@@H](Cc1ccc(O)cc1Cc1c(Cl)cccc1Cl)C(=O)O. The lowest BCUT2D eigenvalue weighted by Crippen LogP contribution is -2.32. The van der Waals surface area contributed by atoms with Gasteiger partial charge in [-0.15, -0.1) is 0 Å². The fraction of sp³-hybridized carbons (Fsp3) is 0.188. The molecule has 0 spiro atoms. The fourth-order valence-corrected chi connectivity index (χ4v) is 2.72. The third-order valence-electron chi connectivity index (χ3n) is 3.38. The summed E-state index contributed by atoms with van der Waals surface area (Å²) in [6.45, 7) is 0. The van der Waals surface area contributed by atoms with E-state index in [1.165, 1.54) is 6.07 Å². The van der Waals surface area contributed by atoms with Gasteiger partial charge in [0.05, 0.1) is 0 Å². The maximum absolute atomic E-state index is 10.9. The molecular formula is C16H15Cl2NO3. The van der Waals surface area contributed by atoms with Crippen molar-refractivity contribution in [3.63, 3.8) is 0 Å². The average Bonchev–Trinajstić information content (AvgIpc) is 2.45. The van der Waals surface area contributed by atoms with Crippen molar-refractivity contribution >= 4 is 29.2 Å². The third-order valence-corrected chi connectivity index (χ3v) is 4.08. The van der Waals surface area contributed by atoms with Crippen LogP contribution in [0.5, 0.6) is 5.75 Å². The highest BCUT2D eigenvalue weighted by Gasteiger charge is 2.16. The zero-order valence-corrected chi connectivity index (χ0v) is 13.1. The Morgan fingerprint density at radius 2 is 1.77 bits per heavy atom. The molecule has 0 fully saturated rings. The minimum Gasteiger partial charge on any atom is -0.508 e. The molecule has 0 radical (unpaired) electrons. The number of carbonyl (C=O) groups is 1. The second kappa shape index (κ2) is 7.01. The van der Waals surface area contributed by atoms with E-state index in [1.807, 2.05) is 0 Å². The molecule has 1 atom stereocenters.